The van der Waals surface area contributed by atoms with Crippen LogP contribution in [0, 0.1) is 0 Å². The molecule has 0 amide bonds. The summed E-state index contributed by atoms with van der Waals surface area (Å²) in [5.74, 6) is -0.563. The van der Waals surface area contributed by atoms with Crippen molar-refractivity contribution in [2.45, 2.75) is 31.3 Å². The van der Waals surface area contributed by atoms with E-state index in [2.05, 4.69) is 0 Å². The zero-order valence-corrected chi connectivity index (χ0v) is 10.8. The first-order valence-electron chi connectivity index (χ1n) is 5.35. The van der Waals surface area contributed by atoms with Gasteiger partial charge in [0.1, 0.15) is 0 Å². The second-order valence-electron chi connectivity index (χ2n) is 4.71. The van der Waals surface area contributed by atoms with Gasteiger partial charge in [0.15, 0.2) is 9.84 Å². The minimum atomic E-state index is -3.43. The van der Waals surface area contributed by atoms with E-state index in [-0.39, 0.29) is 5.75 Å². The molecule has 1 unspecified atom stereocenters. The Morgan fingerprint density at radius 1 is 1.24 bits per heavy atom. The lowest BCUT2D eigenvalue weighted by Gasteiger charge is -2.24. The van der Waals surface area contributed by atoms with Gasteiger partial charge >= 0.3 is 0 Å². The first kappa shape index (κ1) is 14.2. The number of hydrogen-bond donors (Lipinski definition) is 2. The van der Waals surface area contributed by atoms with Gasteiger partial charge in [0.05, 0.1) is 23.2 Å². The van der Waals surface area contributed by atoms with Crippen molar-refractivity contribution in [2.75, 3.05) is 5.75 Å². The molecule has 0 saturated heterocycles. The van der Waals surface area contributed by atoms with E-state index in [4.69, 9.17) is 0 Å². The molecule has 1 aromatic rings. The van der Waals surface area contributed by atoms with Gasteiger partial charge in [-0.25, -0.2) is 8.42 Å². The predicted octanol–water partition coefficient (Wildman–Crippen LogP) is 0.733. The van der Waals surface area contributed by atoms with Gasteiger partial charge < -0.3 is 10.2 Å². The molecule has 0 fully saturated rings. The Kier molecular flexibility index (Phi) is 4.30. The summed E-state index contributed by atoms with van der Waals surface area (Å²) < 4.78 is 23.6. The summed E-state index contributed by atoms with van der Waals surface area (Å²) in [6.45, 7) is 2.77. The Labute approximate surface area is 102 Å². The summed E-state index contributed by atoms with van der Waals surface area (Å²) in [6.07, 6.45) is -1.28. The van der Waals surface area contributed by atoms with Crippen molar-refractivity contribution >= 4 is 9.84 Å². The van der Waals surface area contributed by atoms with Crippen molar-refractivity contribution in [1.29, 1.82) is 0 Å². The van der Waals surface area contributed by atoms with Crippen LogP contribution in [-0.4, -0.2) is 36.1 Å². The SMILES string of the molecule is CC(C)(O)C(O)CS(=O)(=O)Cc1ccccc1. The molecule has 0 aliphatic carbocycles. The van der Waals surface area contributed by atoms with Gasteiger partial charge in [-0.05, 0) is 19.4 Å². The average Bonchev–Trinajstić information content (AvgIpc) is 2.16. The van der Waals surface area contributed by atoms with Crippen LogP contribution in [0.4, 0.5) is 0 Å². The third-order valence-electron chi connectivity index (χ3n) is 2.46. The van der Waals surface area contributed by atoms with E-state index < -0.39 is 27.3 Å². The highest BCUT2D eigenvalue weighted by Gasteiger charge is 2.29. The highest BCUT2D eigenvalue weighted by atomic mass is 32.2. The molecule has 0 spiro atoms. The summed E-state index contributed by atoms with van der Waals surface area (Å²) in [4.78, 5) is 0. The molecule has 1 aromatic carbocycles. The summed E-state index contributed by atoms with van der Waals surface area (Å²) >= 11 is 0. The molecule has 4 nitrogen and oxygen atoms in total. The van der Waals surface area contributed by atoms with Gasteiger partial charge in [-0.15, -0.1) is 0 Å². The Morgan fingerprint density at radius 3 is 2.24 bits per heavy atom. The minimum absolute atomic E-state index is 0.124. The van der Waals surface area contributed by atoms with Crippen LogP contribution in [0.1, 0.15) is 19.4 Å². The highest BCUT2D eigenvalue weighted by Crippen LogP contribution is 2.13. The molecule has 0 heterocycles. The van der Waals surface area contributed by atoms with Gasteiger partial charge in [0, 0.05) is 0 Å². The number of benzene rings is 1. The third-order valence-corrected chi connectivity index (χ3v) is 4.05. The van der Waals surface area contributed by atoms with Gasteiger partial charge in [-0.2, -0.15) is 0 Å². The molecular weight excluding hydrogens is 240 g/mol. The fraction of sp³-hybridized carbons (Fsp3) is 0.500. The first-order chi connectivity index (χ1) is 7.71. The monoisotopic (exact) mass is 258 g/mol. The van der Waals surface area contributed by atoms with Gasteiger partial charge in [0.2, 0.25) is 0 Å². The zero-order chi connectivity index (χ0) is 13.1. The third kappa shape index (κ3) is 4.85. The molecule has 0 radical (unpaired) electrons. The van der Waals surface area contributed by atoms with Crippen molar-refractivity contribution in [2.24, 2.45) is 0 Å². The largest absolute Gasteiger partial charge is 0.389 e. The van der Waals surface area contributed by atoms with E-state index in [1.165, 1.54) is 13.8 Å². The predicted molar refractivity (Wildman–Crippen MR) is 66.2 cm³/mol. The normalized spacial score (nSPS) is 14.6. The number of hydrogen-bond acceptors (Lipinski definition) is 4. The Bertz CT molecular complexity index is 445. The van der Waals surface area contributed by atoms with Crippen LogP contribution in [-0.2, 0) is 15.6 Å². The molecule has 0 aromatic heterocycles. The second-order valence-corrected chi connectivity index (χ2v) is 6.82. The lowest BCUT2D eigenvalue weighted by Crippen LogP contribution is -2.41. The zero-order valence-electron chi connectivity index (χ0n) is 10.00. The van der Waals surface area contributed by atoms with E-state index in [0.717, 1.165) is 0 Å². The van der Waals surface area contributed by atoms with Crippen LogP contribution in [0.15, 0.2) is 30.3 Å². The minimum Gasteiger partial charge on any atom is -0.389 e. The maximum absolute atomic E-state index is 11.8. The second kappa shape index (κ2) is 5.16. The van der Waals surface area contributed by atoms with Crippen LogP contribution in [0.25, 0.3) is 0 Å². The molecule has 0 aliphatic rings. The quantitative estimate of drug-likeness (QED) is 0.816. The smallest absolute Gasteiger partial charge is 0.157 e. The average molecular weight is 258 g/mol. The van der Waals surface area contributed by atoms with Crippen LogP contribution >= 0.6 is 0 Å². The van der Waals surface area contributed by atoms with Crippen molar-refractivity contribution in [3.63, 3.8) is 0 Å². The molecule has 96 valence electrons. The van der Waals surface area contributed by atoms with Crippen molar-refractivity contribution in [3.05, 3.63) is 35.9 Å². The van der Waals surface area contributed by atoms with Crippen molar-refractivity contribution in [3.8, 4) is 0 Å². The van der Waals surface area contributed by atoms with E-state index in [9.17, 15) is 18.6 Å². The Hall–Kier alpha value is -0.910. The van der Waals surface area contributed by atoms with E-state index in [1.807, 2.05) is 6.07 Å². The molecule has 1 atom stereocenters. The van der Waals surface area contributed by atoms with Crippen molar-refractivity contribution in [1.82, 2.24) is 0 Å². The maximum Gasteiger partial charge on any atom is 0.157 e. The molecule has 0 saturated carbocycles. The molecule has 17 heavy (non-hydrogen) atoms. The van der Waals surface area contributed by atoms with E-state index in [0.29, 0.717) is 5.56 Å². The molecule has 0 bridgehead atoms. The summed E-state index contributed by atoms with van der Waals surface area (Å²) in [7, 11) is -3.43. The molecule has 1 rings (SSSR count). The highest BCUT2D eigenvalue weighted by molar-refractivity contribution is 7.90. The van der Waals surface area contributed by atoms with E-state index >= 15 is 0 Å². The lowest BCUT2D eigenvalue weighted by molar-refractivity contribution is -0.0358. The number of aliphatic hydroxyl groups is 2. The summed E-state index contributed by atoms with van der Waals surface area (Å²) in [5.41, 5.74) is -0.737. The lowest BCUT2D eigenvalue weighted by atomic mass is 10.0. The van der Waals surface area contributed by atoms with E-state index in [1.54, 1.807) is 24.3 Å². The topological polar surface area (TPSA) is 74.6 Å². The molecular formula is C12H18O4S. The van der Waals surface area contributed by atoms with Gasteiger partial charge in [0.25, 0.3) is 0 Å². The van der Waals surface area contributed by atoms with Crippen LogP contribution in [0.2, 0.25) is 0 Å². The summed E-state index contributed by atoms with van der Waals surface area (Å²) in [5, 5.41) is 19.1. The Balaban J connectivity index is 2.71. The Morgan fingerprint density at radius 2 is 1.76 bits per heavy atom. The van der Waals surface area contributed by atoms with Crippen molar-refractivity contribution < 1.29 is 18.6 Å². The molecule has 2 N–H and O–H groups in total. The van der Waals surface area contributed by atoms with Crippen LogP contribution in [0.3, 0.4) is 0 Å². The van der Waals surface area contributed by atoms with Gasteiger partial charge in [-0.1, -0.05) is 30.3 Å². The van der Waals surface area contributed by atoms with Crippen LogP contribution in [0.5, 0.6) is 0 Å². The number of aliphatic hydroxyl groups excluding tert-OH is 1. The molecule has 5 heteroatoms. The van der Waals surface area contributed by atoms with Gasteiger partial charge in [-0.3, -0.25) is 0 Å². The fourth-order valence-electron chi connectivity index (χ4n) is 1.33. The molecule has 0 aliphatic heterocycles. The van der Waals surface area contributed by atoms with Crippen LogP contribution < -0.4 is 0 Å². The first-order valence-corrected chi connectivity index (χ1v) is 7.18. The standard InChI is InChI=1S/C12H18O4S/c1-12(2,14)11(13)9-17(15,16)8-10-6-4-3-5-7-10/h3-7,11,13-14H,8-9H2,1-2H3. The number of rotatable bonds is 5. The fourth-order valence-corrected chi connectivity index (χ4v) is 3.04. The number of sulfone groups is 1. The maximum atomic E-state index is 11.8. The summed E-state index contributed by atoms with van der Waals surface area (Å²) in [6, 6.07) is 8.76.